The van der Waals surface area contributed by atoms with Crippen molar-refractivity contribution in [3.63, 3.8) is 0 Å². The minimum Gasteiger partial charge on any atom is -0.508 e. The molecule has 0 saturated carbocycles. The Bertz CT molecular complexity index is 5830. The quantitative estimate of drug-likeness (QED) is 0.0267. The first kappa shape index (κ1) is 98.3. The molecule has 42 nitrogen and oxygen atoms in total. The zero-order valence-corrected chi connectivity index (χ0v) is 74.1. The highest BCUT2D eigenvalue weighted by molar-refractivity contribution is 6.32. The summed E-state index contributed by atoms with van der Waals surface area (Å²) in [6.07, 6.45) is -19.7. The zero-order chi connectivity index (χ0) is 97.5. The van der Waals surface area contributed by atoms with Crippen LogP contribution < -0.4 is 72.5 Å². The molecule has 0 radical (unpaired) electrons. The molecular weight excluding hydrogens is 1830 g/mol. The first-order valence-electron chi connectivity index (χ1n) is 43.5. The number of carboxylic acid groups (broad SMARTS) is 1. The number of phenolic OH excluding ortho intramolecular Hbond substituents is 3. The summed E-state index contributed by atoms with van der Waals surface area (Å²) in [5, 5.41) is 185. The van der Waals surface area contributed by atoms with Gasteiger partial charge in [0.2, 0.25) is 65.1 Å². The van der Waals surface area contributed by atoms with Gasteiger partial charge < -0.3 is 168 Å². The molecule has 0 spiro atoms. The lowest BCUT2D eigenvalue weighted by Crippen LogP contribution is -2.66. The van der Waals surface area contributed by atoms with Gasteiger partial charge in [0, 0.05) is 43.5 Å². The summed E-state index contributed by atoms with van der Waals surface area (Å²) in [5.74, 6) is -17.7. The standard InChI is InChI=1S/C92H100Cl2N10O32/c1-5-20-96-33-60-73(112)77(116)71(99-63(111)11-9-7-6-8-10-36(2)3)90(131-60)135-81-58-28-43-29-59(81)130-56-19-15-41(26-52(56)94)80(134-89-70(97-37(4)107)76(115)74(113)61(34-105)132-89)72-87(124)103-69(88(125)126)48-31-45(109)32-50-64(48)47-25-40(13-16-49(47)92(50,127)136-91-79(118)78(117)75(114)62(35-106)133-91)66(84(121)104-72)101-86(123)68(43)102-85(122)67-42-23-44(108)30-46(24-42)128-57-27-39(14-17-54(57)110)65(95)83(120)98-53(82(119)100-67)22-38-12-18-55(129-58)51(93)21-38/h1,12-19,21,23-32,36,53,60-62,65-80,89-91,96,105-106,108-110,112-118,127H,6-11,20,22,33-35,95H2,2-4H3,(H,97,107)(H,98,120)(H,99,111)(H,100,119)(H,101,123)(H,102,122)(H,103,124)(H,104,121)(H,125,126)/t53-,60-,61-,62-,65-,66-,67+,68-,69+,70-,71-,72+,73-,74-,75-,76-,77-,78+,79+,80-,89+,90+,91-,92?/m1/s1. The van der Waals surface area contributed by atoms with E-state index >= 15 is 24.0 Å². The maximum Gasteiger partial charge on any atom is 0.330 e. The van der Waals surface area contributed by atoms with Crippen molar-refractivity contribution >= 4 is 76.4 Å². The van der Waals surface area contributed by atoms with Crippen LogP contribution in [-0.2, 0) is 79.0 Å². The first-order chi connectivity index (χ1) is 64.8. The summed E-state index contributed by atoms with van der Waals surface area (Å²) in [4.78, 5) is 139. The molecule has 724 valence electrons. The first-order valence-corrected chi connectivity index (χ1v) is 44.2. The van der Waals surface area contributed by atoms with Crippen molar-refractivity contribution < 1.29 is 157 Å². The second-order valence-corrected chi connectivity index (χ2v) is 35.4. The Morgan fingerprint density at radius 3 is 1.81 bits per heavy atom. The van der Waals surface area contributed by atoms with Crippen LogP contribution in [0.25, 0.3) is 11.1 Å². The molecule has 9 aliphatic heterocycles. The number of ether oxygens (including phenoxy) is 9. The second-order valence-electron chi connectivity index (χ2n) is 34.6. The highest BCUT2D eigenvalue weighted by atomic mass is 35.5. The van der Waals surface area contributed by atoms with Gasteiger partial charge in [-0.15, -0.1) is 6.42 Å². The Labute approximate surface area is 783 Å². The lowest BCUT2D eigenvalue weighted by atomic mass is 9.90. The fourth-order valence-electron chi connectivity index (χ4n) is 17.6. The summed E-state index contributed by atoms with van der Waals surface area (Å²) in [7, 11) is 0. The van der Waals surface area contributed by atoms with E-state index in [0.29, 0.717) is 18.8 Å². The van der Waals surface area contributed by atoms with Gasteiger partial charge in [-0.3, -0.25) is 38.4 Å². The Kier molecular flexibility index (Phi) is 29.7. The molecule has 24 atom stereocenters. The third-order valence-corrected chi connectivity index (χ3v) is 25.2. The highest BCUT2D eigenvalue weighted by Gasteiger charge is 2.56. The molecule has 10 aliphatic rings. The van der Waals surface area contributed by atoms with Gasteiger partial charge in [-0.25, -0.2) is 4.79 Å². The van der Waals surface area contributed by atoms with Crippen LogP contribution in [0.5, 0.6) is 57.5 Å². The topological polar surface area (TPSA) is 654 Å². The third-order valence-electron chi connectivity index (χ3n) is 24.6. The monoisotopic (exact) mass is 1930 g/mol. The molecule has 7 aromatic rings. The van der Waals surface area contributed by atoms with Crippen LogP contribution in [0.3, 0.4) is 0 Å². The van der Waals surface area contributed by atoms with Gasteiger partial charge in [-0.05, 0) is 141 Å². The SMILES string of the molecule is C#CCNC[C@H]1O[C@@H](Oc2c3cc4cc2Oc2ccc(cc2Cl)[C@@H](O[C@@H]2O[C@H](CO)[C@@H](O)[C@H](O)[C@H]2NC(C)=O)[C@@H]2NC(=O)[C@H](NC(=O)[C@@H]4NC(=O)[C@H]4NC(=O)[C@@H](Cc5ccc(c(Cl)c5)O3)NC(=O)[C@H](N)c3ccc(O)c(c3)Oc3cc(O)cc4c3)c3ccc4c(c3)-c3c(cc(O)cc3C4(O)O[C@H]3O[C@H](CO)[C@@H](O)[C@H](O)[C@@H]3O)[C@@H](C(=O)O)NC2=O)[C@H](NC(=O)CCCCCCC(C)C)[C@@H](O)[C@@H]1O. The van der Waals surface area contributed by atoms with Crippen LogP contribution in [0, 0.1) is 18.3 Å². The number of hydrogen-bond acceptors (Lipinski definition) is 33. The van der Waals surface area contributed by atoms with Gasteiger partial charge >= 0.3 is 5.97 Å². The number of aliphatic hydroxyl groups is 10. The molecule has 9 heterocycles. The van der Waals surface area contributed by atoms with Crippen molar-refractivity contribution in [2.24, 2.45) is 11.7 Å². The molecule has 3 fully saturated rings. The summed E-state index contributed by atoms with van der Waals surface area (Å²) in [6, 6.07) is 1.75. The number of aliphatic carboxylic acids is 1. The van der Waals surface area contributed by atoms with E-state index in [0.717, 1.165) is 111 Å². The van der Waals surface area contributed by atoms with E-state index in [1.807, 2.05) is 0 Å². The number of fused-ring (bicyclic) bond motifs is 11. The van der Waals surface area contributed by atoms with Crippen molar-refractivity contribution in [3.8, 4) is 81.0 Å². The molecule has 17 rings (SSSR count). The number of carbonyl (C=O) groups is 9. The lowest BCUT2D eigenvalue weighted by Gasteiger charge is -2.44. The van der Waals surface area contributed by atoms with E-state index in [9.17, 15) is 90.7 Å². The normalized spacial score (nSPS) is 29.7. The minimum atomic E-state index is -3.18. The molecule has 1 unspecified atom stereocenters. The number of nitrogens with two attached hydrogens (primary N) is 1. The Morgan fingerprint density at radius 1 is 0.566 bits per heavy atom. The number of terminal acetylenes is 1. The maximum atomic E-state index is 17.2. The molecule has 1 aliphatic carbocycles. The second kappa shape index (κ2) is 41.0. The molecule has 7 aromatic carbocycles. The average molecular weight is 1930 g/mol. The number of amides is 8. The molecule has 17 bridgehead atoms. The largest absolute Gasteiger partial charge is 0.508 e. The molecule has 3 saturated heterocycles. The van der Waals surface area contributed by atoms with Crippen LogP contribution >= 0.6 is 23.2 Å². The van der Waals surface area contributed by atoms with E-state index in [1.54, 1.807) is 0 Å². The molecular formula is C92H100Cl2N10O32. The number of nitrogens with one attached hydrogen (secondary N) is 9. The van der Waals surface area contributed by atoms with Crippen LogP contribution in [0.2, 0.25) is 10.0 Å². The summed E-state index contributed by atoms with van der Waals surface area (Å²) >= 11 is 14.8. The third kappa shape index (κ3) is 20.5. The molecule has 136 heavy (non-hydrogen) atoms. The number of carbonyl (C=O) groups excluding carboxylic acids is 8. The van der Waals surface area contributed by atoms with Crippen molar-refractivity contribution in [1.82, 2.24) is 47.9 Å². The Balaban J connectivity index is 0.993. The van der Waals surface area contributed by atoms with Crippen molar-refractivity contribution in [2.75, 3.05) is 26.3 Å². The molecule has 44 heteroatoms. The van der Waals surface area contributed by atoms with Crippen molar-refractivity contribution in [1.29, 1.82) is 0 Å². The maximum absolute atomic E-state index is 17.2. The van der Waals surface area contributed by atoms with Crippen LogP contribution in [-0.4, -0.2) is 255 Å². The number of phenols is 3. The predicted molar refractivity (Wildman–Crippen MR) is 470 cm³/mol. The number of aliphatic hydroxyl groups excluding tert-OH is 9. The number of unbranched alkanes of at least 4 members (excludes halogenated alkanes) is 3. The minimum absolute atomic E-state index is 0.0325. The van der Waals surface area contributed by atoms with E-state index in [-0.39, 0.29) is 69.6 Å². The number of aromatic hydroxyl groups is 3. The Morgan fingerprint density at radius 2 is 1.15 bits per heavy atom. The molecule has 25 N–H and O–H groups in total. The van der Waals surface area contributed by atoms with E-state index in [2.05, 4.69) is 67.6 Å². The van der Waals surface area contributed by atoms with Crippen LogP contribution in [0.15, 0.2) is 115 Å². The van der Waals surface area contributed by atoms with Gasteiger partial charge in [-0.1, -0.05) is 99.0 Å². The van der Waals surface area contributed by atoms with E-state index in [1.165, 1.54) is 30.3 Å². The number of hydrogen-bond donors (Lipinski definition) is 24. The summed E-state index contributed by atoms with van der Waals surface area (Å²) < 4.78 is 58.3. The van der Waals surface area contributed by atoms with Gasteiger partial charge in [0.25, 0.3) is 0 Å². The fourth-order valence-corrected chi connectivity index (χ4v) is 18.1. The number of benzene rings is 7. The van der Waals surface area contributed by atoms with E-state index in [4.69, 9.17) is 78.0 Å². The summed E-state index contributed by atoms with van der Waals surface area (Å²) in [6.45, 7) is 2.62. The van der Waals surface area contributed by atoms with Gasteiger partial charge in [-0.2, -0.15) is 0 Å². The predicted octanol–water partition coefficient (Wildman–Crippen LogP) is 0.689. The molecule has 8 amide bonds. The number of carboxylic acids is 1. The van der Waals surface area contributed by atoms with Crippen LogP contribution in [0.1, 0.15) is 146 Å². The van der Waals surface area contributed by atoms with Crippen molar-refractivity contribution in [3.05, 3.63) is 175 Å². The summed E-state index contributed by atoms with van der Waals surface area (Å²) in [5.41, 5.74) is 2.47. The zero-order valence-electron chi connectivity index (χ0n) is 72.6. The van der Waals surface area contributed by atoms with Gasteiger partial charge in [0.1, 0.15) is 144 Å². The fraction of sp³-hybridized carbons (Fsp3) is 0.424. The van der Waals surface area contributed by atoms with Crippen molar-refractivity contribution in [2.45, 2.75) is 212 Å². The van der Waals surface area contributed by atoms with Gasteiger partial charge in [0.05, 0.1) is 29.8 Å². The Hall–Kier alpha value is -12.2. The van der Waals surface area contributed by atoms with Crippen LogP contribution in [0.4, 0.5) is 0 Å². The average Bonchev–Trinajstić information content (AvgIpc) is 1.53. The van der Waals surface area contributed by atoms with E-state index < -0.39 is 298 Å². The molecule has 0 aromatic heterocycles. The highest BCUT2D eigenvalue weighted by Crippen LogP contribution is 2.55. The van der Waals surface area contributed by atoms with Gasteiger partial charge in [0.15, 0.2) is 41.6 Å². The number of halogens is 2. The lowest BCUT2D eigenvalue weighted by molar-refractivity contribution is -0.355. The number of rotatable bonds is 21. The smallest absolute Gasteiger partial charge is 0.330 e.